The van der Waals surface area contributed by atoms with E-state index in [1.54, 1.807) is 0 Å². The lowest BCUT2D eigenvalue weighted by Crippen LogP contribution is -2.10. The van der Waals surface area contributed by atoms with Crippen molar-refractivity contribution in [2.24, 2.45) is 5.73 Å². The Hall–Kier alpha value is -1.45. The van der Waals surface area contributed by atoms with Gasteiger partial charge in [-0.2, -0.15) is 0 Å². The van der Waals surface area contributed by atoms with Crippen LogP contribution in [0.1, 0.15) is 10.5 Å². The number of rotatable bonds is 1. The van der Waals surface area contributed by atoms with Crippen LogP contribution in [0.3, 0.4) is 0 Å². The van der Waals surface area contributed by atoms with Crippen LogP contribution in [0, 0.1) is 0 Å². The molecule has 0 aromatic carbocycles. The molecule has 0 saturated heterocycles. The normalized spacial score (nSPS) is 9.33. The summed E-state index contributed by atoms with van der Waals surface area (Å²) >= 11 is 0. The average molecular weight is 125 g/mol. The fourth-order valence-electron chi connectivity index (χ4n) is 0.553. The van der Waals surface area contributed by atoms with Crippen molar-refractivity contribution in [1.82, 2.24) is 4.98 Å². The molecule has 0 atom stereocenters. The number of amides is 1. The van der Waals surface area contributed by atoms with Gasteiger partial charge in [-0.15, -0.1) is 0 Å². The van der Waals surface area contributed by atoms with E-state index >= 15 is 0 Å². The van der Waals surface area contributed by atoms with Gasteiger partial charge in [-0.1, -0.05) is 0 Å². The number of aromatic nitrogens is 1. The third-order valence-corrected chi connectivity index (χ3v) is 0.971. The van der Waals surface area contributed by atoms with Gasteiger partial charge in [0.2, 0.25) is 0 Å². The lowest BCUT2D eigenvalue weighted by molar-refractivity contribution is 0.0996. The van der Waals surface area contributed by atoms with E-state index in [-0.39, 0.29) is 0 Å². The minimum Gasteiger partial charge on any atom is -0.397 e. The highest BCUT2D eigenvalue weighted by Crippen LogP contribution is 2.02. The topological polar surface area (TPSA) is 84.9 Å². The zero-order valence-corrected chi connectivity index (χ0v) is 4.72. The SMILES string of the molecule is NC(=O)c1cc(N)c[nH]1. The number of carbonyl (C=O) groups is 1. The number of hydrogen-bond donors (Lipinski definition) is 3. The third-order valence-electron chi connectivity index (χ3n) is 0.971. The lowest BCUT2D eigenvalue weighted by Gasteiger charge is -1.82. The van der Waals surface area contributed by atoms with E-state index in [9.17, 15) is 4.79 Å². The Balaban J connectivity index is 2.98. The number of H-pyrrole nitrogens is 1. The summed E-state index contributed by atoms with van der Waals surface area (Å²) in [6, 6.07) is 1.49. The number of nitrogens with one attached hydrogen (secondary N) is 1. The molecule has 1 rings (SSSR count). The van der Waals surface area contributed by atoms with Crippen molar-refractivity contribution >= 4 is 11.6 Å². The molecule has 4 nitrogen and oxygen atoms in total. The molecule has 5 N–H and O–H groups in total. The van der Waals surface area contributed by atoms with Gasteiger partial charge in [0.25, 0.3) is 5.91 Å². The van der Waals surface area contributed by atoms with Gasteiger partial charge in [0, 0.05) is 11.9 Å². The van der Waals surface area contributed by atoms with Crippen molar-refractivity contribution in [2.75, 3.05) is 5.73 Å². The van der Waals surface area contributed by atoms with Gasteiger partial charge in [-0.05, 0) is 6.07 Å². The zero-order valence-electron chi connectivity index (χ0n) is 4.72. The summed E-state index contributed by atoms with van der Waals surface area (Å²) in [5, 5.41) is 0. The molecule has 1 aromatic heterocycles. The predicted octanol–water partition coefficient (Wildman–Crippen LogP) is -0.304. The van der Waals surface area contributed by atoms with Gasteiger partial charge in [-0.3, -0.25) is 4.79 Å². The Bertz CT molecular complexity index is 228. The van der Waals surface area contributed by atoms with Crippen LogP contribution in [0.15, 0.2) is 12.3 Å². The van der Waals surface area contributed by atoms with Gasteiger partial charge < -0.3 is 16.5 Å². The van der Waals surface area contributed by atoms with E-state index in [0.29, 0.717) is 11.4 Å². The molecule has 0 spiro atoms. The summed E-state index contributed by atoms with van der Waals surface area (Å²) in [6.45, 7) is 0. The number of primary amides is 1. The summed E-state index contributed by atoms with van der Waals surface area (Å²) in [5.41, 5.74) is 11.0. The molecule has 48 valence electrons. The quantitative estimate of drug-likeness (QED) is 0.481. The second-order valence-electron chi connectivity index (χ2n) is 1.71. The van der Waals surface area contributed by atoms with E-state index in [0.717, 1.165) is 0 Å². The molecule has 0 aliphatic carbocycles. The van der Waals surface area contributed by atoms with Crippen LogP contribution in [-0.4, -0.2) is 10.9 Å². The molecule has 1 aromatic rings. The fourth-order valence-corrected chi connectivity index (χ4v) is 0.553. The number of nitrogen functional groups attached to an aromatic ring is 1. The first-order valence-corrected chi connectivity index (χ1v) is 2.44. The molecule has 0 aliphatic rings. The first-order valence-electron chi connectivity index (χ1n) is 2.44. The molecule has 0 unspecified atom stereocenters. The van der Waals surface area contributed by atoms with Crippen LogP contribution in [0.5, 0.6) is 0 Å². The highest BCUT2D eigenvalue weighted by atomic mass is 16.1. The third kappa shape index (κ3) is 1.02. The standard InChI is InChI=1S/C5H7N3O/c6-3-1-4(5(7)9)8-2-3/h1-2,8H,6H2,(H2,7,9). The van der Waals surface area contributed by atoms with Crippen LogP contribution in [0.25, 0.3) is 0 Å². The fraction of sp³-hybridized carbons (Fsp3) is 0. The molecule has 0 radical (unpaired) electrons. The van der Waals surface area contributed by atoms with Crippen molar-refractivity contribution in [1.29, 1.82) is 0 Å². The molecule has 4 heteroatoms. The lowest BCUT2D eigenvalue weighted by atomic mass is 10.4. The summed E-state index contributed by atoms with van der Waals surface area (Å²) < 4.78 is 0. The van der Waals surface area contributed by atoms with Crippen LogP contribution in [0.2, 0.25) is 0 Å². The van der Waals surface area contributed by atoms with Crippen LogP contribution in [-0.2, 0) is 0 Å². The Morgan fingerprint density at radius 1 is 1.67 bits per heavy atom. The Morgan fingerprint density at radius 2 is 2.33 bits per heavy atom. The molecule has 9 heavy (non-hydrogen) atoms. The zero-order chi connectivity index (χ0) is 6.85. The summed E-state index contributed by atoms with van der Waals surface area (Å²) in [7, 11) is 0. The second kappa shape index (κ2) is 1.81. The van der Waals surface area contributed by atoms with E-state index in [4.69, 9.17) is 11.5 Å². The first-order chi connectivity index (χ1) is 4.20. The molecule has 0 aliphatic heterocycles. The van der Waals surface area contributed by atoms with Crippen molar-refractivity contribution in [3.8, 4) is 0 Å². The second-order valence-corrected chi connectivity index (χ2v) is 1.71. The van der Waals surface area contributed by atoms with Crippen molar-refractivity contribution in [2.45, 2.75) is 0 Å². The number of carbonyl (C=O) groups excluding carboxylic acids is 1. The van der Waals surface area contributed by atoms with Crippen LogP contribution >= 0.6 is 0 Å². The smallest absolute Gasteiger partial charge is 0.265 e. The summed E-state index contributed by atoms with van der Waals surface area (Å²) in [4.78, 5) is 13.0. The Morgan fingerprint density at radius 3 is 2.56 bits per heavy atom. The molecular weight excluding hydrogens is 118 g/mol. The predicted molar refractivity (Wildman–Crippen MR) is 33.7 cm³/mol. The molecule has 0 fully saturated rings. The van der Waals surface area contributed by atoms with Gasteiger partial charge in [-0.25, -0.2) is 0 Å². The van der Waals surface area contributed by atoms with Gasteiger partial charge in [0.15, 0.2) is 0 Å². The minimum atomic E-state index is -0.494. The average Bonchev–Trinajstić information content (AvgIpc) is 2.14. The van der Waals surface area contributed by atoms with Crippen molar-refractivity contribution in [3.05, 3.63) is 18.0 Å². The molecule has 0 bridgehead atoms. The van der Waals surface area contributed by atoms with Crippen LogP contribution < -0.4 is 11.5 Å². The highest BCUT2D eigenvalue weighted by molar-refractivity contribution is 5.91. The van der Waals surface area contributed by atoms with E-state index in [2.05, 4.69) is 4.98 Å². The molecule has 1 heterocycles. The Labute approximate surface area is 51.8 Å². The Kier molecular flexibility index (Phi) is 1.14. The molecule has 0 saturated carbocycles. The number of hydrogen-bond acceptors (Lipinski definition) is 2. The van der Waals surface area contributed by atoms with Gasteiger partial charge >= 0.3 is 0 Å². The first kappa shape index (κ1) is 5.68. The summed E-state index contributed by atoms with van der Waals surface area (Å²) in [5.74, 6) is -0.494. The molecular formula is C5H7N3O. The van der Waals surface area contributed by atoms with Gasteiger partial charge in [0.05, 0.1) is 0 Å². The number of aromatic amines is 1. The van der Waals surface area contributed by atoms with E-state index in [1.165, 1.54) is 12.3 Å². The van der Waals surface area contributed by atoms with Crippen molar-refractivity contribution in [3.63, 3.8) is 0 Å². The molecule has 1 amide bonds. The van der Waals surface area contributed by atoms with E-state index < -0.39 is 5.91 Å². The van der Waals surface area contributed by atoms with Crippen LogP contribution in [0.4, 0.5) is 5.69 Å². The monoisotopic (exact) mass is 125 g/mol. The number of anilines is 1. The largest absolute Gasteiger partial charge is 0.397 e. The number of nitrogens with two attached hydrogens (primary N) is 2. The minimum absolute atomic E-state index is 0.340. The maximum atomic E-state index is 10.3. The summed E-state index contributed by atoms with van der Waals surface area (Å²) in [6.07, 6.45) is 1.51. The maximum Gasteiger partial charge on any atom is 0.265 e. The van der Waals surface area contributed by atoms with Gasteiger partial charge in [0.1, 0.15) is 5.69 Å². The highest BCUT2D eigenvalue weighted by Gasteiger charge is 1.99. The van der Waals surface area contributed by atoms with E-state index in [1.807, 2.05) is 0 Å². The van der Waals surface area contributed by atoms with Crippen molar-refractivity contribution < 1.29 is 4.79 Å². The maximum absolute atomic E-state index is 10.3.